The van der Waals surface area contributed by atoms with Gasteiger partial charge in [-0.3, -0.25) is 0 Å². The molecule has 0 aliphatic carbocycles. The summed E-state index contributed by atoms with van der Waals surface area (Å²) in [4.78, 5) is 0. The van der Waals surface area contributed by atoms with Crippen LogP contribution in [0.15, 0.2) is 33.4 Å². The Balaban J connectivity index is 2.64. The summed E-state index contributed by atoms with van der Waals surface area (Å²) in [5.74, 6) is 0.537. The molecule has 2 rings (SSSR count). The average Bonchev–Trinajstić information content (AvgIpc) is 2.58. The number of aromatic hydroxyl groups is 1. The van der Waals surface area contributed by atoms with Crippen LogP contribution in [-0.2, 0) is 0 Å². The van der Waals surface area contributed by atoms with Crippen molar-refractivity contribution >= 4 is 39.1 Å². The summed E-state index contributed by atoms with van der Waals surface area (Å²) in [6.07, 6.45) is 1.54. The van der Waals surface area contributed by atoms with Crippen molar-refractivity contribution in [2.45, 2.75) is 0 Å². The van der Waals surface area contributed by atoms with Gasteiger partial charge in [-0.15, -0.1) is 0 Å². The summed E-state index contributed by atoms with van der Waals surface area (Å²) in [5, 5.41) is 9.95. The maximum Gasteiger partial charge on any atom is 0.149 e. The van der Waals surface area contributed by atoms with Crippen LogP contribution in [-0.4, -0.2) is 5.11 Å². The Labute approximate surface area is 105 Å². The van der Waals surface area contributed by atoms with E-state index in [1.54, 1.807) is 12.1 Å². The molecule has 78 valence electrons. The van der Waals surface area contributed by atoms with Crippen LogP contribution < -0.4 is 0 Å². The summed E-state index contributed by atoms with van der Waals surface area (Å²) in [6.45, 7) is 0. The smallest absolute Gasteiger partial charge is 0.149 e. The average molecular weight is 308 g/mol. The van der Waals surface area contributed by atoms with E-state index in [4.69, 9.17) is 27.6 Å². The van der Waals surface area contributed by atoms with Gasteiger partial charge in [-0.05, 0) is 28.1 Å². The predicted octanol–water partition coefficient (Wildman–Crippen LogP) is 4.72. The molecule has 0 saturated carbocycles. The zero-order valence-electron chi connectivity index (χ0n) is 7.30. The molecule has 0 unspecified atom stereocenters. The molecule has 1 N–H and O–H groups in total. The fourth-order valence-corrected chi connectivity index (χ4v) is 2.02. The van der Waals surface area contributed by atoms with E-state index in [1.807, 2.05) is 0 Å². The highest BCUT2D eigenvalue weighted by Gasteiger charge is 2.13. The zero-order valence-corrected chi connectivity index (χ0v) is 10.4. The van der Waals surface area contributed by atoms with E-state index in [0.29, 0.717) is 16.3 Å². The van der Waals surface area contributed by atoms with Crippen LogP contribution in [0.3, 0.4) is 0 Å². The van der Waals surface area contributed by atoms with Crippen LogP contribution in [0.5, 0.6) is 5.75 Å². The molecule has 1 heterocycles. The van der Waals surface area contributed by atoms with Gasteiger partial charge in [0.15, 0.2) is 0 Å². The molecule has 5 heteroatoms. The lowest BCUT2D eigenvalue weighted by molar-refractivity contribution is 0.475. The molecule has 1 aromatic carbocycles. The van der Waals surface area contributed by atoms with Gasteiger partial charge in [-0.25, -0.2) is 0 Å². The molecule has 0 bridgehead atoms. The van der Waals surface area contributed by atoms with E-state index >= 15 is 0 Å². The van der Waals surface area contributed by atoms with E-state index in [0.717, 1.165) is 4.47 Å². The van der Waals surface area contributed by atoms with Crippen molar-refractivity contribution < 1.29 is 9.52 Å². The van der Waals surface area contributed by atoms with Crippen LogP contribution in [0.1, 0.15) is 0 Å². The van der Waals surface area contributed by atoms with Gasteiger partial charge in [0.2, 0.25) is 0 Å². The van der Waals surface area contributed by atoms with E-state index < -0.39 is 0 Å². The van der Waals surface area contributed by atoms with E-state index in [2.05, 4.69) is 15.9 Å². The van der Waals surface area contributed by atoms with Gasteiger partial charge in [0.05, 0.1) is 20.8 Å². The van der Waals surface area contributed by atoms with Crippen molar-refractivity contribution in [3.05, 3.63) is 39.0 Å². The van der Waals surface area contributed by atoms with Crippen LogP contribution in [0.25, 0.3) is 11.3 Å². The molecule has 0 atom stereocenters. The molecule has 0 saturated heterocycles. The highest BCUT2D eigenvalue weighted by molar-refractivity contribution is 9.10. The summed E-state index contributed by atoms with van der Waals surface area (Å²) in [6, 6.07) is 4.70. The lowest BCUT2D eigenvalue weighted by Crippen LogP contribution is -1.79. The molecule has 2 aromatic rings. The third kappa shape index (κ3) is 2.00. The standard InChI is InChI=1S/C10H5BrCl2O2/c11-6-1-2-15-10(6)5-3-8(13)9(14)4-7(5)12/h1-4,14H. The fraction of sp³-hybridized carbons (Fsp3) is 0. The zero-order chi connectivity index (χ0) is 11.0. The van der Waals surface area contributed by atoms with Crippen molar-refractivity contribution in [1.29, 1.82) is 0 Å². The Kier molecular flexibility index (Phi) is 2.96. The molecule has 0 amide bonds. The third-order valence-electron chi connectivity index (χ3n) is 1.90. The van der Waals surface area contributed by atoms with E-state index in [9.17, 15) is 5.11 Å². The number of hydrogen-bond donors (Lipinski definition) is 1. The first-order valence-electron chi connectivity index (χ1n) is 4.01. The van der Waals surface area contributed by atoms with Gasteiger partial charge in [0.25, 0.3) is 0 Å². The molecule has 0 fully saturated rings. The fourth-order valence-electron chi connectivity index (χ4n) is 1.20. The van der Waals surface area contributed by atoms with Crippen molar-refractivity contribution in [3.8, 4) is 17.1 Å². The lowest BCUT2D eigenvalue weighted by atomic mass is 10.1. The van der Waals surface area contributed by atoms with E-state index in [1.165, 1.54) is 12.3 Å². The molecular formula is C10H5BrCl2O2. The summed E-state index contributed by atoms with van der Waals surface area (Å²) < 4.78 is 6.04. The normalized spacial score (nSPS) is 10.6. The first-order chi connectivity index (χ1) is 7.09. The van der Waals surface area contributed by atoms with Crippen molar-refractivity contribution in [3.63, 3.8) is 0 Å². The second kappa shape index (κ2) is 4.08. The minimum Gasteiger partial charge on any atom is -0.506 e. The van der Waals surface area contributed by atoms with Crippen molar-refractivity contribution in [2.75, 3.05) is 0 Å². The summed E-state index contributed by atoms with van der Waals surface area (Å²) >= 11 is 15.1. The van der Waals surface area contributed by atoms with Gasteiger partial charge < -0.3 is 9.52 Å². The van der Waals surface area contributed by atoms with Crippen LogP contribution in [0.4, 0.5) is 0 Å². The maximum absolute atomic E-state index is 9.33. The molecule has 0 aliphatic heterocycles. The quantitative estimate of drug-likeness (QED) is 0.827. The molecule has 0 aliphatic rings. The lowest BCUT2D eigenvalue weighted by Gasteiger charge is -2.04. The Morgan fingerprint density at radius 3 is 2.53 bits per heavy atom. The van der Waals surface area contributed by atoms with Gasteiger partial charge >= 0.3 is 0 Å². The highest BCUT2D eigenvalue weighted by atomic mass is 79.9. The Morgan fingerprint density at radius 1 is 1.20 bits per heavy atom. The van der Waals surface area contributed by atoms with E-state index in [-0.39, 0.29) is 10.8 Å². The minimum atomic E-state index is -0.0481. The SMILES string of the molecule is Oc1cc(Cl)c(-c2occc2Br)cc1Cl. The second-order valence-electron chi connectivity index (χ2n) is 2.88. The highest BCUT2D eigenvalue weighted by Crippen LogP contribution is 2.39. The predicted molar refractivity (Wildman–Crippen MR) is 63.5 cm³/mol. The monoisotopic (exact) mass is 306 g/mol. The molecule has 15 heavy (non-hydrogen) atoms. The number of benzene rings is 1. The molecule has 2 nitrogen and oxygen atoms in total. The minimum absolute atomic E-state index is 0.0481. The Bertz CT molecular complexity index is 508. The number of phenols is 1. The van der Waals surface area contributed by atoms with Crippen molar-refractivity contribution in [2.24, 2.45) is 0 Å². The van der Waals surface area contributed by atoms with Crippen LogP contribution in [0, 0.1) is 0 Å². The number of phenolic OH excluding ortho intramolecular Hbond substituents is 1. The second-order valence-corrected chi connectivity index (χ2v) is 4.55. The molecule has 0 spiro atoms. The number of rotatable bonds is 1. The molecule has 1 aromatic heterocycles. The Morgan fingerprint density at radius 2 is 1.93 bits per heavy atom. The van der Waals surface area contributed by atoms with Gasteiger partial charge in [0.1, 0.15) is 11.5 Å². The first-order valence-corrected chi connectivity index (χ1v) is 5.56. The van der Waals surface area contributed by atoms with Crippen LogP contribution in [0.2, 0.25) is 10.0 Å². The first kappa shape index (κ1) is 10.9. The summed E-state index contributed by atoms with van der Waals surface area (Å²) in [5.41, 5.74) is 0.636. The topological polar surface area (TPSA) is 33.4 Å². The van der Waals surface area contributed by atoms with Gasteiger partial charge in [-0.2, -0.15) is 0 Å². The number of halogens is 3. The molecule has 0 radical (unpaired) electrons. The summed E-state index contributed by atoms with van der Waals surface area (Å²) in [7, 11) is 0. The largest absolute Gasteiger partial charge is 0.506 e. The third-order valence-corrected chi connectivity index (χ3v) is 3.14. The van der Waals surface area contributed by atoms with Gasteiger partial charge in [-0.1, -0.05) is 23.2 Å². The molecular weight excluding hydrogens is 303 g/mol. The maximum atomic E-state index is 9.33. The van der Waals surface area contributed by atoms with Crippen molar-refractivity contribution in [1.82, 2.24) is 0 Å². The number of hydrogen-bond acceptors (Lipinski definition) is 2. The van der Waals surface area contributed by atoms with Crippen LogP contribution >= 0.6 is 39.1 Å². The number of furan rings is 1. The Hall–Kier alpha value is -0.640. The van der Waals surface area contributed by atoms with Gasteiger partial charge in [0, 0.05) is 11.6 Å².